The fraction of sp³-hybridized carbons (Fsp3) is 0.778. The maximum atomic E-state index is 5.71. The molecular weight excluding hydrogens is 248 g/mol. The summed E-state index contributed by atoms with van der Waals surface area (Å²) < 4.78 is 11.2. The lowest BCUT2D eigenvalue weighted by atomic mass is 10.2. The minimum Gasteiger partial charge on any atom is -0.353 e. The smallest absolute Gasteiger partial charge is 0.157 e. The van der Waals surface area contributed by atoms with Gasteiger partial charge in [-0.1, -0.05) is 37.6 Å². The molecule has 0 aromatic rings. The molecule has 0 spiro atoms. The van der Waals surface area contributed by atoms with Crippen LogP contribution >= 0.6 is 0 Å². The standard InChI is InChI=1S/C18H32O2/c1-2-3-4-5-6-7-8-9-10-11-13-16-19-18-15-12-14-17-20-18/h4-5,8-9,18H,2-3,6-7,10-17H2,1H3/b5-4+,9-8+/t18-/m1/s1. The van der Waals surface area contributed by atoms with Crippen molar-refractivity contribution in [2.75, 3.05) is 13.2 Å². The van der Waals surface area contributed by atoms with E-state index in [0.29, 0.717) is 0 Å². The van der Waals surface area contributed by atoms with Crippen LogP contribution in [0.4, 0.5) is 0 Å². The molecule has 0 aromatic carbocycles. The van der Waals surface area contributed by atoms with Crippen LogP contribution in [0.2, 0.25) is 0 Å². The zero-order valence-electron chi connectivity index (χ0n) is 13.2. The molecule has 0 aliphatic carbocycles. The lowest BCUT2D eigenvalue weighted by Gasteiger charge is -2.22. The zero-order chi connectivity index (χ0) is 14.3. The van der Waals surface area contributed by atoms with Gasteiger partial charge in [0.2, 0.25) is 0 Å². The van der Waals surface area contributed by atoms with Crippen LogP contribution in [0.25, 0.3) is 0 Å². The second-order valence-corrected chi connectivity index (χ2v) is 5.47. The highest BCUT2D eigenvalue weighted by atomic mass is 16.7. The Morgan fingerprint density at radius 1 is 0.950 bits per heavy atom. The highest BCUT2D eigenvalue weighted by molar-refractivity contribution is 4.87. The molecule has 1 heterocycles. The van der Waals surface area contributed by atoms with E-state index in [1.165, 1.54) is 51.4 Å². The van der Waals surface area contributed by atoms with Gasteiger partial charge in [0.05, 0.1) is 0 Å². The molecule has 0 N–H and O–H groups in total. The van der Waals surface area contributed by atoms with Crippen LogP contribution < -0.4 is 0 Å². The predicted molar refractivity (Wildman–Crippen MR) is 85.8 cm³/mol. The van der Waals surface area contributed by atoms with Gasteiger partial charge in [-0.05, 0) is 57.8 Å². The summed E-state index contributed by atoms with van der Waals surface area (Å²) in [7, 11) is 0. The minimum absolute atomic E-state index is 0.0780. The van der Waals surface area contributed by atoms with Crippen molar-refractivity contribution in [2.24, 2.45) is 0 Å². The first kappa shape index (κ1) is 17.5. The van der Waals surface area contributed by atoms with Crippen molar-refractivity contribution < 1.29 is 9.47 Å². The van der Waals surface area contributed by atoms with Crippen molar-refractivity contribution >= 4 is 0 Å². The normalized spacial score (nSPS) is 20.1. The van der Waals surface area contributed by atoms with Gasteiger partial charge in [0.25, 0.3) is 0 Å². The summed E-state index contributed by atoms with van der Waals surface area (Å²) in [5.41, 5.74) is 0. The van der Waals surface area contributed by atoms with E-state index in [1.54, 1.807) is 0 Å². The molecule has 1 atom stereocenters. The molecule has 0 saturated carbocycles. The van der Waals surface area contributed by atoms with Gasteiger partial charge in [0, 0.05) is 13.2 Å². The minimum atomic E-state index is 0.0780. The number of ether oxygens (including phenoxy) is 2. The van der Waals surface area contributed by atoms with E-state index in [2.05, 4.69) is 31.2 Å². The SMILES string of the molecule is CCC/C=C/CC/C=C/CCCCO[C@H]1CCCCO1. The Labute approximate surface area is 125 Å². The molecule has 0 unspecified atom stereocenters. The third-order valence-corrected chi connectivity index (χ3v) is 3.50. The molecule has 1 aliphatic heterocycles. The van der Waals surface area contributed by atoms with Gasteiger partial charge >= 0.3 is 0 Å². The Balaban J connectivity index is 1.81. The van der Waals surface area contributed by atoms with Crippen molar-refractivity contribution in [3.05, 3.63) is 24.3 Å². The van der Waals surface area contributed by atoms with E-state index in [9.17, 15) is 0 Å². The average molecular weight is 280 g/mol. The fourth-order valence-electron chi connectivity index (χ4n) is 2.25. The molecule has 1 saturated heterocycles. The van der Waals surface area contributed by atoms with Crippen molar-refractivity contribution in [2.45, 2.75) is 77.4 Å². The van der Waals surface area contributed by atoms with Gasteiger partial charge < -0.3 is 9.47 Å². The summed E-state index contributed by atoms with van der Waals surface area (Å²) in [4.78, 5) is 0. The summed E-state index contributed by atoms with van der Waals surface area (Å²) in [6, 6.07) is 0. The fourth-order valence-corrected chi connectivity index (χ4v) is 2.25. The molecule has 0 aromatic heterocycles. The lowest BCUT2D eigenvalue weighted by Crippen LogP contribution is -2.22. The van der Waals surface area contributed by atoms with Crippen LogP contribution in [0.1, 0.15) is 71.1 Å². The average Bonchev–Trinajstić information content (AvgIpc) is 2.49. The van der Waals surface area contributed by atoms with E-state index in [0.717, 1.165) is 26.1 Å². The summed E-state index contributed by atoms with van der Waals surface area (Å²) in [5, 5.41) is 0. The van der Waals surface area contributed by atoms with Gasteiger partial charge in [-0.3, -0.25) is 0 Å². The summed E-state index contributed by atoms with van der Waals surface area (Å²) in [6.07, 6.45) is 21.2. The largest absolute Gasteiger partial charge is 0.353 e. The van der Waals surface area contributed by atoms with E-state index >= 15 is 0 Å². The number of hydrogen-bond acceptors (Lipinski definition) is 2. The van der Waals surface area contributed by atoms with Crippen LogP contribution in [0, 0.1) is 0 Å². The maximum Gasteiger partial charge on any atom is 0.157 e. The molecule has 0 amide bonds. The monoisotopic (exact) mass is 280 g/mol. The highest BCUT2D eigenvalue weighted by Crippen LogP contribution is 2.14. The van der Waals surface area contributed by atoms with Gasteiger partial charge in [0.15, 0.2) is 6.29 Å². The Bertz CT molecular complexity index is 252. The van der Waals surface area contributed by atoms with E-state index in [1.807, 2.05) is 0 Å². The predicted octanol–water partition coefficient (Wildman–Crippen LogP) is 5.39. The summed E-state index contributed by atoms with van der Waals surface area (Å²) in [5.74, 6) is 0. The molecule has 1 fully saturated rings. The molecule has 1 rings (SSSR count). The Morgan fingerprint density at radius 2 is 1.70 bits per heavy atom. The second kappa shape index (κ2) is 13.4. The van der Waals surface area contributed by atoms with Crippen molar-refractivity contribution in [3.63, 3.8) is 0 Å². The van der Waals surface area contributed by atoms with Crippen molar-refractivity contribution in [3.8, 4) is 0 Å². The van der Waals surface area contributed by atoms with Crippen molar-refractivity contribution in [1.82, 2.24) is 0 Å². The molecule has 0 bridgehead atoms. The zero-order valence-corrected chi connectivity index (χ0v) is 13.2. The number of hydrogen-bond donors (Lipinski definition) is 0. The Kier molecular flexibility index (Phi) is 11.7. The van der Waals surface area contributed by atoms with Gasteiger partial charge in [-0.2, -0.15) is 0 Å². The molecular formula is C18H32O2. The first-order valence-corrected chi connectivity index (χ1v) is 8.46. The molecule has 116 valence electrons. The third kappa shape index (κ3) is 10.2. The Hall–Kier alpha value is -0.600. The molecule has 2 heteroatoms. The van der Waals surface area contributed by atoms with Crippen LogP contribution in [0.5, 0.6) is 0 Å². The van der Waals surface area contributed by atoms with E-state index < -0.39 is 0 Å². The van der Waals surface area contributed by atoms with Crippen LogP contribution in [-0.2, 0) is 9.47 Å². The molecule has 20 heavy (non-hydrogen) atoms. The van der Waals surface area contributed by atoms with E-state index in [4.69, 9.17) is 9.47 Å². The molecule has 1 aliphatic rings. The maximum absolute atomic E-state index is 5.71. The summed E-state index contributed by atoms with van der Waals surface area (Å²) in [6.45, 7) is 3.94. The molecule has 2 nitrogen and oxygen atoms in total. The highest BCUT2D eigenvalue weighted by Gasteiger charge is 2.12. The first-order valence-electron chi connectivity index (χ1n) is 8.46. The van der Waals surface area contributed by atoms with Crippen LogP contribution in [-0.4, -0.2) is 19.5 Å². The van der Waals surface area contributed by atoms with Gasteiger partial charge in [-0.15, -0.1) is 0 Å². The number of rotatable bonds is 11. The molecule has 0 radical (unpaired) electrons. The first-order chi connectivity index (χ1) is 9.93. The topological polar surface area (TPSA) is 18.5 Å². The summed E-state index contributed by atoms with van der Waals surface area (Å²) >= 11 is 0. The quantitative estimate of drug-likeness (QED) is 0.373. The lowest BCUT2D eigenvalue weighted by molar-refractivity contribution is -0.162. The Morgan fingerprint density at radius 3 is 2.40 bits per heavy atom. The van der Waals surface area contributed by atoms with Crippen molar-refractivity contribution in [1.29, 1.82) is 0 Å². The third-order valence-electron chi connectivity index (χ3n) is 3.50. The number of unbranched alkanes of at least 4 members (excludes halogenated alkanes) is 4. The van der Waals surface area contributed by atoms with Gasteiger partial charge in [-0.25, -0.2) is 0 Å². The second-order valence-electron chi connectivity index (χ2n) is 5.47. The van der Waals surface area contributed by atoms with Crippen LogP contribution in [0.3, 0.4) is 0 Å². The van der Waals surface area contributed by atoms with Crippen LogP contribution in [0.15, 0.2) is 24.3 Å². The van der Waals surface area contributed by atoms with E-state index in [-0.39, 0.29) is 6.29 Å². The number of allylic oxidation sites excluding steroid dienone is 4. The van der Waals surface area contributed by atoms with Gasteiger partial charge in [0.1, 0.15) is 0 Å².